The number of carbonyl (C=O) groups is 1. The second-order valence-electron chi connectivity index (χ2n) is 7.22. The fourth-order valence-corrected chi connectivity index (χ4v) is 3.84. The van der Waals surface area contributed by atoms with Crippen LogP contribution in [0, 0.1) is 17.2 Å². The third-order valence-electron chi connectivity index (χ3n) is 5.43. The van der Waals surface area contributed by atoms with Crippen molar-refractivity contribution in [1.29, 1.82) is 5.26 Å². The Kier molecular flexibility index (Phi) is 4.37. The van der Waals surface area contributed by atoms with Gasteiger partial charge in [0.05, 0.1) is 18.5 Å². The highest BCUT2D eigenvalue weighted by Crippen LogP contribution is 2.40. The number of nitriles is 1. The Hall–Kier alpha value is -2.81. The predicted octanol–water partition coefficient (Wildman–Crippen LogP) is 2.71. The van der Waals surface area contributed by atoms with Gasteiger partial charge in [-0.1, -0.05) is 18.2 Å². The number of benzene rings is 1. The first-order chi connectivity index (χ1) is 12.7. The van der Waals surface area contributed by atoms with Crippen LogP contribution in [-0.2, 0) is 26.4 Å². The van der Waals surface area contributed by atoms with Gasteiger partial charge in [0.25, 0.3) is 0 Å². The molecule has 4 rings (SSSR count). The average molecular weight is 349 g/mol. The highest BCUT2D eigenvalue weighted by molar-refractivity contribution is 5.75. The first-order valence-corrected chi connectivity index (χ1v) is 9.16. The van der Waals surface area contributed by atoms with Gasteiger partial charge in [-0.15, -0.1) is 0 Å². The molecule has 6 heteroatoms. The number of amides is 2. The molecule has 1 aliphatic heterocycles. The SMILES string of the molecule is Cn1ccnc1C(NC(=O)N1CCc2c(CC#N)cccc2C1)C1CC1. The van der Waals surface area contributed by atoms with E-state index in [1.165, 1.54) is 5.56 Å². The van der Waals surface area contributed by atoms with Crippen LogP contribution in [0.25, 0.3) is 0 Å². The van der Waals surface area contributed by atoms with E-state index in [0.717, 1.165) is 36.2 Å². The van der Waals surface area contributed by atoms with Gasteiger partial charge in [-0.25, -0.2) is 9.78 Å². The van der Waals surface area contributed by atoms with Crippen molar-refractivity contribution in [3.05, 3.63) is 53.1 Å². The van der Waals surface area contributed by atoms with E-state index in [0.29, 0.717) is 25.4 Å². The van der Waals surface area contributed by atoms with E-state index in [2.05, 4.69) is 22.4 Å². The fraction of sp³-hybridized carbons (Fsp3) is 0.450. The van der Waals surface area contributed by atoms with Crippen molar-refractivity contribution < 1.29 is 4.79 Å². The van der Waals surface area contributed by atoms with Gasteiger partial charge in [0.1, 0.15) is 5.82 Å². The zero-order valence-corrected chi connectivity index (χ0v) is 15.0. The number of aryl methyl sites for hydroxylation is 1. The van der Waals surface area contributed by atoms with Crippen molar-refractivity contribution in [2.75, 3.05) is 6.54 Å². The number of urea groups is 1. The number of imidazole rings is 1. The van der Waals surface area contributed by atoms with Crippen LogP contribution in [0.5, 0.6) is 0 Å². The molecule has 6 nitrogen and oxygen atoms in total. The zero-order chi connectivity index (χ0) is 18.1. The smallest absolute Gasteiger partial charge is 0.318 e. The molecule has 1 aliphatic carbocycles. The molecular formula is C20H23N5O. The maximum absolute atomic E-state index is 12.9. The fourth-order valence-electron chi connectivity index (χ4n) is 3.84. The van der Waals surface area contributed by atoms with Crippen molar-refractivity contribution in [3.8, 4) is 6.07 Å². The summed E-state index contributed by atoms with van der Waals surface area (Å²) in [6, 6.07) is 8.24. The number of aromatic nitrogens is 2. The molecule has 1 aromatic heterocycles. The van der Waals surface area contributed by atoms with Gasteiger partial charge >= 0.3 is 6.03 Å². The van der Waals surface area contributed by atoms with Gasteiger partial charge in [-0.2, -0.15) is 5.26 Å². The van der Waals surface area contributed by atoms with E-state index >= 15 is 0 Å². The minimum atomic E-state index is -0.0266. The molecule has 0 saturated heterocycles. The second kappa shape index (κ2) is 6.83. The highest BCUT2D eigenvalue weighted by atomic mass is 16.2. The van der Waals surface area contributed by atoms with Crippen molar-refractivity contribution >= 4 is 6.03 Å². The summed E-state index contributed by atoms with van der Waals surface area (Å²) < 4.78 is 1.99. The molecule has 2 aliphatic rings. The largest absolute Gasteiger partial charge is 0.336 e. The summed E-state index contributed by atoms with van der Waals surface area (Å²) in [5.74, 6) is 1.41. The molecule has 1 aromatic carbocycles. The Balaban J connectivity index is 1.48. The van der Waals surface area contributed by atoms with Crippen LogP contribution < -0.4 is 5.32 Å². The van der Waals surface area contributed by atoms with E-state index in [1.54, 1.807) is 6.20 Å². The van der Waals surface area contributed by atoms with Gasteiger partial charge in [0, 0.05) is 32.5 Å². The molecule has 0 radical (unpaired) electrons. The molecule has 26 heavy (non-hydrogen) atoms. The van der Waals surface area contributed by atoms with E-state index in [4.69, 9.17) is 5.26 Å². The molecule has 2 amide bonds. The van der Waals surface area contributed by atoms with Crippen LogP contribution in [0.1, 0.15) is 41.4 Å². The van der Waals surface area contributed by atoms with E-state index in [9.17, 15) is 4.79 Å². The molecule has 1 saturated carbocycles. The molecule has 1 N–H and O–H groups in total. The van der Waals surface area contributed by atoms with Gasteiger partial charge in [-0.05, 0) is 41.9 Å². The minimum Gasteiger partial charge on any atom is -0.336 e. The molecule has 0 bridgehead atoms. The van der Waals surface area contributed by atoms with Crippen LogP contribution in [0.3, 0.4) is 0 Å². The Labute approximate surface area is 153 Å². The maximum atomic E-state index is 12.9. The summed E-state index contributed by atoms with van der Waals surface area (Å²) in [6.07, 6.45) is 7.21. The summed E-state index contributed by atoms with van der Waals surface area (Å²) in [7, 11) is 1.97. The van der Waals surface area contributed by atoms with Crippen LogP contribution in [0.2, 0.25) is 0 Å². The lowest BCUT2D eigenvalue weighted by molar-refractivity contribution is 0.186. The number of nitrogens with one attached hydrogen (secondary N) is 1. The summed E-state index contributed by atoms with van der Waals surface area (Å²) in [4.78, 5) is 19.2. The summed E-state index contributed by atoms with van der Waals surface area (Å²) in [6.45, 7) is 1.28. The first kappa shape index (κ1) is 16.6. The molecule has 1 unspecified atom stereocenters. The van der Waals surface area contributed by atoms with Crippen molar-refractivity contribution in [2.24, 2.45) is 13.0 Å². The van der Waals surface area contributed by atoms with Crippen molar-refractivity contribution in [2.45, 2.75) is 38.3 Å². The Morgan fingerprint density at radius 3 is 3.00 bits per heavy atom. The molecule has 2 aromatic rings. The number of carbonyl (C=O) groups excluding carboxylic acids is 1. The van der Waals surface area contributed by atoms with E-state index in [-0.39, 0.29) is 12.1 Å². The molecule has 0 spiro atoms. The quantitative estimate of drug-likeness (QED) is 0.922. The number of fused-ring (bicyclic) bond motifs is 1. The molecule has 1 fully saturated rings. The van der Waals surface area contributed by atoms with Crippen molar-refractivity contribution in [3.63, 3.8) is 0 Å². The molecule has 134 valence electrons. The first-order valence-electron chi connectivity index (χ1n) is 9.16. The Morgan fingerprint density at radius 2 is 2.31 bits per heavy atom. The lowest BCUT2D eigenvalue weighted by atomic mass is 9.93. The van der Waals surface area contributed by atoms with Crippen LogP contribution >= 0.6 is 0 Å². The highest BCUT2D eigenvalue weighted by Gasteiger charge is 2.37. The van der Waals surface area contributed by atoms with E-state index < -0.39 is 0 Å². The van der Waals surface area contributed by atoms with Gasteiger partial charge < -0.3 is 14.8 Å². The zero-order valence-electron chi connectivity index (χ0n) is 15.0. The summed E-state index contributed by atoms with van der Waals surface area (Å²) >= 11 is 0. The molecule has 1 atom stereocenters. The third-order valence-corrected chi connectivity index (χ3v) is 5.43. The number of hydrogen-bond donors (Lipinski definition) is 1. The van der Waals surface area contributed by atoms with Crippen LogP contribution in [-0.4, -0.2) is 27.0 Å². The molecular weight excluding hydrogens is 326 g/mol. The lowest BCUT2D eigenvalue weighted by Crippen LogP contribution is -2.45. The predicted molar refractivity (Wildman–Crippen MR) is 97.1 cm³/mol. The monoisotopic (exact) mass is 349 g/mol. The topological polar surface area (TPSA) is 74.0 Å². The summed E-state index contributed by atoms with van der Waals surface area (Å²) in [5.41, 5.74) is 3.48. The Bertz CT molecular complexity index is 861. The van der Waals surface area contributed by atoms with Gasteiger partial charge in [0.15, 0.2) is 0 Å². The minimum absolute atomic E-state index is 0.0196. The molecule has 2 heterocycles. The number of hydrogen-bond acceptors (Lipinski definition) is 3. The third kappa shape index (κ3) is 3.17. The average Bonchev–Trinajstić information content (AvgIpc) is 3.41. The number of rotatable bonds is 4. The van der Waals surface area contributed by atoms with Crippen LogP contribution in [0.4, 0.5) is 4.79 Å². The number of nitrogens with zero attached hydrogens (tertiary/aromatic N) is 4. The van der Waals surface area contributed by atoms with Crippen LogP contribution in [0.15, 0.2) is 30.6 Å². The second-order valence-corrected chi connectivity index (χ2v) is 7.22. The van der Waals surface area contributed by atoms with Gasteiger partial charge in [-0.3, -0.25) is 0 Å². The lowest BCUT2D eigenvalue weighted by Gasteiger charge is -2.31. The van der Waals surface area contributed by atoms with Crippen molar-refractivity contribution in [1.82, 2.24) is 19.8 Å². The standard InChI is InChI=1S/C20H23N5O/c1-24-12-10-22-19(24)18(15-5-6-15)23-20(26)25-11-8-17-14(7-9-21)3-2-4-16(17)13-25/h2-4,10,12,15,18H,5-8,11,13H2,1H3,(H,23,26). The normalized spacial score (nSPS) is 17.3. The van der Waals surface area contributed by atoms with Gasteiger partial charge in [0.2, 0.25) is 0 Å². The Morgan fingerprint density at radius 1 is 1.46 bits per heavy atom. The van der Waals surface area contributed by atoms with E-state index in [1.807, 2.05) is 34.8 Å². The maximum Gasteiger partial charge on any atom is 0.318 e. The summed E-state index contributed by atoms with van der Waals surface area (Å²) in [5, 5.41) is 12.2.